The van der Waals surface area contributed by atoms with E-state index < -0.39 is 0 Å². The number of pyridine rings is 1. The van der Waals surface area contributed by atoms with Gasteiger partial charge in [-0.15, -0.1) is 0 Å². The SMILES string of the molecule is COc1ccc(-c2c(NC(=O)c3ccccc3OC)n(C)c3ccccc3c2=O)cc1OC. The van der Waals surface area contributed by atoms with E-state index in [4.69, 9.17) is 14.2 Å². The third kappa shape index (κ3) is 3.89. The predicted molar refractivity (Wildman–Crippen MR) is 129 cm³/mol. The lowest BCUT2D eigenvalue weighted by Crippen LogP contribution is -2.21. The van der Waals surface area contributed by atoms with E-state index in [1.165, 1.54) is 14.2 Å². The molecule has 0 atom stereocenters. The standard InChI is InChI=1S/C26H24N2O5/c1-28-19-11-7-5-9-17(19)24(29)23(16-13-14-21(32-3)22(15-16)33-4)25(28)27-26(30)18-10-6-8-12-20(18)31-2/h5-15H,1-4H3,(H,27,30). The highest BCUT2D eigenvalue weighted by atomic mass is 16.5. The molecular formula is C26H24N2O5. The van der Waals surface area contributed by atoms with Gasteiger partial charge in [-0.3, -0.25) is 9.59 Å². The van der Waals surface area contributed by atoms with Crippen molar-refractivity contribution in [3.05, 3.63) is 82.5 Å². The van der Waals surface area contributed by atoms with Gasteiger partial charge in [-0.05, 0) is 42.0 Å². The van der Waals surface area contributed by atoms with Gasteiger partial charge in [0.1, 0.15) is 11.6 Å². The molecular weight excluding hydrogens is 420 g/mol. The van der Waals surface area contributed by atoms with Crippen molar-refractivity contribution in [2.75, 3.05) is 26.6 Å². The molecule has 0 spiro atoms. The molecule has 1 N–H and O–H groups in total. The fourth-order valence-corrected chi connectivity index (χ4v) is 3.90. The third-order valence-electron chi connectivity index (χ3n) is 5.57. The lowest BCUT2D eigenvalue weighted by Gasteiger charge is -2.19. The number of methoxy groups -OCH3 is 3. The normalized spacial score (nSPS) is 10.7. The van der Waals surface area contributed by atoms with Crippen LogP contribution in [0.15, 0.2) is 71.5 Å². The summed E-state index contributed by atoms with van der Waals surface area (Å²) in [6, 6.07) is 19.4. The maximum Gasteiger partial charge on any atom is 0.260 e. The van der Waals surface area contributed by atoms with Crippen molar-refractivity contribution < 1.29 is 19.0 Å². The molecule has 0 saturated carbocycles. The van der Waals surface area contributed by atoms with Crippen molar-refractivity contribution in [3.8, 4) is 28.4 Å². The van der Waals surface area contributed by atoms with Crippen LogP contribution in [-0.4, -0.2) is 31.8 Å². The molecule has 1 heterocycles. The summed E-state index contributed by atoms with van der Waals surface area (Å²) in [4.78, 5) is 26.9. The lowest BCUT2D eigenvalue weighted by molar-refractivity contribution is 0.102. The number of ether oxygens (including phenoxy) is 3. The van der Waals surface area contributed by atoms with Crippen LogP contribution in [0.1, 0.15) is 10.4 Å². The van der Waals surface area contributed by atoms with Crippen LogP contribution in [0.3, 0.4) is 0 Å². The number of hydrogen-bond acceptors (Lipinski definition) is 5. The second-order valence-electron chi connectivity index (χ2n) is 7.35. The van der Waals surface area contributed by atoms with Gasteiger partial charge in [0.2, 0.25) is 0 Å². The molecule has 0 aliphatic heterocycles. The fraction of sp³-hybridized carbons (Fsp3) is 0.154. The molecule has 0 unspecified atom stereocenters. The Balaban J connectivity index is 1.96. The number of aromatic nitrogens is 1. The molecule has 3 aromatic carbocycles. The average molecular weight is 444 g/mol. The molecule has 33 heavy (non-hydrogen) atoms. The van der Waals surface area contributed by atoms with E-state index in [2.05, 4.69) is 5.32 Å². The smallest absolute Gasteiger partial charge is 0.260 e. The number of carbonyl (C=O) groups excluding carboxylic acids is 1. The van der Waals surface area contributed by atoms with E-state index in [1.807, 2.05) is 25.2 Å². The zero-order chi connectivity index (χ0) is 23.5. The van der Waals surface area contributed by atoms with Crippen molar-refractivity contribution >= 4 is 22.6 Å². The van der Waals surface area contributed by atoms with Gasteiger partial charge < -0.3 is 24.1 Å². The summed E-state index contributed by atoms with van der Waals surface area (Å²) >= 11 is 0. The molecule has 168 valence electrons. The molecule has 0 bridgehead atoms. The van der Waals surface area contributed by atoms with E-state index in [0.717, 1.165) is 0 Å². The van der Waals surface area contributed by atoms with E-state index in [0.29, 0.717) is 50.7 Å². The second-order valence-corrected chi connectivity index (χ2v) is 7.35. The Bertz CT molecular complexity index is 1410. The predicted octanol–water partition coefficient (Wildman–Crippen LogP) is 4.48. The zero-order valence-corrected chi connectivity index (χ0v) is 18.8. The first-order valence-electron chi connectivity index (χ1n) is 10.3. The van der Waals surface area contributed by atoms with Crippen molar-refractivity contribution in [2.45, 2.75) is 0 Å². The van der Waals surface area contributed by atoms with Crippen LogP contribution in [0.25, 0.3) is 22.0 Å². The van der Waals surface area contributed by atoms with Crippen molar-refractivity contribution in [1.82, 2.24) is 4.57 Å². The van der Waals surface area contributed by atoms with E-state index in [-0.39, 0.29) is 11.3 Å². The van der Waals surface area contributed by atoms with E-state index >= 15 is 0 Å². The number of aryl methyl sites for hydroxylation is 1. The van der Waals surface area contributed by atoms with Crippen molar-refractivity contribution in [1.29, 1.82) is 0 Å². The molecule has 7 heteroatoms. The molecule has 0 radical (unpaired) electrons. The molecule has 0 aliphatic carbocycles. The number of hydrogen-bond donors (Lipinski definition) is 1. The lowest BCUT2D eigenvalue weighted by atomic mass is 10.0. The van der Waals surface area contributed by atoms with Gasteiger partial charge in [0.15, 0.2) is 16.9 Å². The monoisotopic (exact) mass is 444 g/mol. The van der Waals surface area contributed by atoms with Gasteiger partial charge >= 0.3 is 0 Å². The van der Waals surface area contributed by atoms with Gasteiger partial charge in [-0.25, -0.2) is 0 Å². The average Bonchev–Trinajstić information content (AvgIpc) is 2.86. The number of rotatable bonds is 6. The van der Waals surface area contributed by atoms with Gasteiger partial charge in [0, 0.05) is 12.4 Å². The second kappa shape index (κ2) is 9.08. The molecule has 4 aromatic rings. The van der Waals surface area contributed by atoms with Crippen LogP contribution in [-0.2, 0) is 7.05 Å². The summed E-state index contributed by atoms with van der Waals surface area (Å²) in [6.45, 7) is 0. The van der Waals surface area contributed by atoms with Gasteiger partial charge in [0.05, 0.1) is 38.0 Å². The maximum absolute atomic E-state index is 13.6. The summed E-state index contributed by atoms with van der Waals surface area (Å²) in [5.41, 5.74) is 1.79. The van der Waals surface area contributed by atoms with Crippen LogP contribution < -0.4 is 25.0 Å². The molecule has 1 amide bonds. The van der Waals surface area contributed by atoms with Crippen molar-refractivity contribution in [2.24, 2.45) is 7.05 Å². The van der Waals surface area contributed by atoms with Crippen LogP contribution in [0.2, 0.25) is 0 Å². The minimum Gasteiger partial charge on any atom is -0.496 e. The fourth-order valence-electron chi connectivity index (χ4n) is 3.90. The van der Waals surface area contributed by atoms with E-state index in [9.17, 15) is 9.59 Å². The topological polar surface area (TPSA) is 78.8 Å². The molecule has 1 aromatic heterocycles. The Morgan fingerprint density at radius 1 is 0.818 bits per heavy atom. The number of anilines is 1. The first kappa shape index (κ1) is 22.0. The van der Waals surface area contributed by atoms with Crippen LogP contribution in [0.4, 0.5) is 5.82 Å². The first-order chi connectivity index (χ1) is 16.0. The van der Waals surface area contributed by atoms with Crippen LogP contribution in [0.5, 0.6) is 17.2 Å². The Hall–Kier alpha value is -4.26. The summed E-state index contributed by atoms with van der Waals surface area (Å²) in [7, 11) is 6.40. The summed E-state index contributed by atoms with van der Waals surface area (Å²) in [6.07, 6.45) is 0. The number of amides is 1. The minimum atomic E-state index is -0.389. The third-order valence-corrected chi connectivity index (χ3v) is 5.57. The zero-order valence-electron chi connectivity index (χ0n) is 18.8. The number of nitrogens with one attached hydrogen (secondary N) is 1. The number of nitrogens with zero attached hydrogens (tertiary/aromatic N) is 1. The molecule has 4 rings (SSSR count). The Morgan fingerprint density at radius 3 is 2.21 bits per heavy atom. The molecule has 0 aliphatic rings. The largest absolute Gasteiger partial charge is 0.496 e. The highest BCUT2D eigenvalue weighted by Gasteiger charge is 2.21. The minimum absolute atomic E-state index is 0.203. The Kier molecular flexibility index (Phi) is 6.04. The maximum atomic E-state index is 13.6. The van der Waals surface area contributed by atoms with Crippen LogP contribution in [0, 0.1) is 0 Å². The Morgan fingerprint density at radius 2 is 1.48 bits per heavy atom. The molecule has 0 fully saturated rings. The highest BCUT2D eigenvalue weighted by Crippen LogP contribution is 2.35. The number of fused-ring (bicyclic) bond motifs is 1. The van der Waals surface area contributed by atoms with Crippen molar-refractivity contribution in [3.63, 3.8) is 0 Å². The number of carbonyl (C=O) groups is 1. The summed E-state index contributed by atoms with van der Waals surface area (Å²) < 4.78 is 17.9. The van der Waals surface area contributed by atoms with Crippen LogP contribution >= 0.6 is 0 Å². The van der Waals surface area contributed by atoms with Gasteiger partial charge in [-0.2, -0.15) is 0 Å². The first-order valence-corrected chi connectivity index (χ1v) is 10.3. The quantitative estimate of drug-likeness (QED) is 0.474. The molecule has 7 nitrogen and oxygen atoms in total. The summed E-state index contributed by atoms with van der Waals surface area (Å²) in [5, 5.41) is 3.48. The molecule has 0 saturated heterocycles. The van der Waals surface area contributed by atoms with Gasteiger partial charge in [0.25, 0.3) is 5.91 Å². The number of benzene rings is 3. The Labute approximate surface area is 191 Å². The number of para-hydroxylation sites is 2. The highest BCUT2D eigenvalue weighted by molar-refractivity contribution is 6.08. The van der Waals surface area contributed by atoms with E-state index in [1.54, 1.807) is 60.2 Å². The summed E-state index contributed by atoms with van der Waals surface area (Å²) in [5.74, 6) is 1.43. The van der Waals surface area contributed by atoms with Gasteiger partial charge in [-0.1, -0.05) is 30.3 Å².